The Kier molecular flexibility index (Phi) is 2.96. The van der Waals surface area contributed by atoms with Gasteiger partial charge in [0.25, 0.3) is 0 Å². The van der Waals surface area contributed by atoms with E-state index in [1.54, 1.807) is 0 Å². The predicted molar refractivity (Wildman–Crippen MR) is 66.8 cm³/mol. The minimum atomic E-state index is -0.214. The van der Waals surface area contributed by atoms with Crippen molar-refractivity contribution >= 4 is 0 Å². The molecule has 0 aromatic carbocycles. The summed E-state index contributed by atoms with van der Waals surface area (Å²) in [5.41, 5.74) is 0.442. The minimum absolute atomic E-state index is 0.214. The van der Waals surface area contributed by atoms with Gasteiger partial charge in [-0.15, -0.1) is 0 Å². The Balaban J connectivity index is 1.59. The third kappa shape index (κ3) is 1.66. The lowest BCUT2D eigenvalue weighted by atomic mass is 9.46. The van der Waals surface area contributed by atoms with E-state index in [4.69, 9.17) is 4.74 Å². The SMILES string of the molecule is CC(C)C(O)CNC1C2CCOC2C12CCC2. The molecular weight excluding hydrogens is 214 g/mol. The summed E-state index contributed by atoms with van der Waals surface area (Å²) < 4.78 is 5.89. The molecule has 3 heteroatoms. The largest absolute Gasteiger partial charge is 0.392 e. The second kappa shape index (κ2) is 4.22. The first kappa shape index (κ1) is 11.9. The molecule has 4 atom stereocenters. The van der Waals surface area contributed by atoms with Gasteiger partial charge in [-0.05, 0) is 25.2 Å². The van der Waals surface area contributed by atoms with Crippen molar-refractivity contribution in [2.24, 2.45) is 17.3 Å². The van der Waals surface area contributed by atoms with Crippen LogP contribution in [0.5, 0.6) is 0 Å². The number of rotatable bonds is 4. The summed E-state index contributed by atoms with van der Waals surface area (Å²) in [6.45, 7) is 5.84. The highest BCUT2D eigenvalue weighted by molar-refractivity contribution is 5.18. The number of hydrogen-bond donors (Lipinski definition) is 2. The smallest absolute Gasteiger partial charge is 0.0690 e. The molecule has 98 valence electrons. The molecule has 4 unspecified atom stereocenters. The number of ether oxygens (including phenoxy) is 1. The van der Waals surface area contributed by atoms with Crippen LogP contribution < -0.4 is 5.32 Å². The van der Waals surface area contributed by atoms with Crippen LogP contribution in [-0.2, 0) is 4.74 Å². The van der Waals surface area contributed by atoms with E-state index in [0.29, 0.717) is 23.5 Å². The van der Waals surface area contributed by atoms with Crippen molar-refractivity contribution in [3.63, 3.8) is 0 Å². The second-order valence-corrected chi connectivity index (χ2v) is 6.53. The van der Waals surface area contributed by atoms with Gasteiger partial charge in [-0.3, -0.25) is 0 Å². The van der Waals surface area contributed by atoms with E-state index in [0.717, 1.165) is 19.1 Å². The number of fused-ring (bicyclic) bond motifs is 2. The van der Waals surface area contributed by atoms with Crippen molar-refractivity contribution in [2.75, 3.05) is 13.2 Å². The summed E-state index contributed by atoms with van der Waals surface area (Å²) >= 11 is 0. The Morgan fingerprint density at radius 3 is 2.76 bits per heavy atom. The second-order valence-electron chi connectivity index (χ2n) is 6.53. The van der Waals surface area contributed by atoms with Crippen molar-refractivity contribution in [3.8, 4) is 0 Å². The van der Waals surface area contributed by atoms with Crippen LogP contribution in [0.25, 0.3) is 0 Å². The Morgan fingerprint density at radius 2 is 2.18 bits per heavy atom. The van der Waals surface area contributed by atoms with Gasteiger partial charge in [0.05, 0.1) is 12.2 Å². The van der Waals surface area contributed by atoms with Gasteiger partial charge in [-0.2, -0.15) is 0 Å². The molecule has 1 saturated heterocycles. The average molecular weight is 239 g/mol. The highest BCUT2D eigenvalue weighted by atomic mass is 16.5. The van der Waals surface area contributed by atoms with Crippen LogP contribution in [0.2, 0.25) is 0 Å². The monoisotopic (exact) mass is 239 g/mol. The number of nitrogens with one attached hydrogen (secondary N) is 1. The van der Waals surface area contributed by atoms with E-state index in [1.165, 1.54) is 25.7 Å². The lowest BCUT2D eigenvalue weighted by molar-refractivity contribution is -0.177. The molecule has 3 aliphatic rings. The molecule has 1 heterocycles. The maximum atomic E-state index is 9.90. The first-order chi connectivity index (χ1) is 8.15. The van der Waals surface area contributed by atoms with Gasteiger partial charge in [0.1, 0.15) is 0 Å². The number of aliphatic hydroxyl groups is 1. The van der Waals surface area contributed by atoms with Crippen LogP contribution in [0.1, 0.15) is 39.5 Å². The summed E-state index contributed by atoms with van der Waals surface area (Å²) in [6.07, 6.45) is 5.53. The van der Waals surface area contributed by atoms with Gasteiger partial charge in [-0.25, -0.2) is 0 Å². The molecule has 0 aromatic heterocycles. The zero-order valence-corrected chi connectivity index (χ0v) is 11.0. The van der Waals surface area contributed by atoms with E-state index in [2.05, 4.69) is 19.2 Å². The molecular formula is C14H25NO2. The van der Waals surface area contributed by atoms with E-state index in [9.17, 15) is 5.11 Å². The van der Waals surface area contributed by atoms with Crippen LogP contribution in [0.15, 0.2) is 0 Å². The molecule has 0 radical (unpaired) electrons. The van der Waals surface area contributed by atoms with Gasteiger partial charge in [0, 0.05) is 30.5 Å². The Labute approximate surface area is 104 Å². The normalized spacial score (nSPS) is 39.9. The minimum Gasteiger partial charge on any atom is -0.392 e. The lowest BCUT2D eigenvalue weighted by Gasteiger charge is -2.63. The van der Waals surface area contributed by atoms with E-state index >= 15 is 0 Å². The van der Waals surface area contributed by atoms with Crippen molar-refractivity contribution in [3.05, 3.63) is 0 Å². The summed E-state index contributed by atoms with van der Waals surface area (Å²) in [5, 5.41) is 13.5. The molecule has 1 spiro atoms. The molecule has 3 rings (SSSR count). The summed E-state index contributed by atoms with van der Waals surface area (Å²) in [4.78, 5) is 0. The summed E-state index contributed by atoms with van der Waals surface area (Å²) in [7, 11) is 0. The van der Waals surface area contributed by atoms with Gasteiger partial charge in [0.2, 0.25) is 0 Å². The first-order valence-electron chi connectivity index (χ1n) is 7.18. The molecule has 2 aliphatic carbocycles. The Morgan fingerprint density at radius 1 is 1.41 bits per heavy atom. The van der Waals surface area contributed by atoms with Crippen LogP contribution in [0, 0.1) is 17.3 Å². The number of aliphatic hydroxyl groups excluding tert-OH is 1. The van der Waals surface area contributed by atoms with Gasteiger partial charge in [-0.1, -0.05) is 20.3 Å². The molecule has 0 amide bonds. The van der Waals surface area contributed by atoms with Gasteiger partial charge >= 0.3 is 0 Å². The third-order valence-electron chi connectivity index (χ3n) is 5.35. The van der Waals surface area contributed by atoms with Crippen molar-refractivity contribution in [1.29, 1.82) is 0 Å². The van der Waals surface area contributed by atoms with Gasteiger partial charge in [0.15, 0.2) is 0 Å². The topological polar surface area (TPSA) is 41.5 Å². The Hall–Kier alpha value is -0.120. The first-order valence-corrected chi connectivity index (χ1v) is 7.18. The maximum absolute atomic E-state index is 9.90. The fraction of sp³-hybridized carbons (Fsp3) is 1.00. The van der Waals surface area contributed by atoms with E-state index in [1.807, 2.05) is 0 Å². The maximum Gasteiger partial charge on any atom is 0.0690 e. The zero-order valence-electron chi connectivity index (χ0n) is 11.0. The number of hydrogen-bond acceptors (Lipinski definition) is 3. The fourth-order valence-corrected chi connectivity index (χ4v) is 4.04. The molecule has 2 N–H and O–H groups in total. The van der Waals surface area contributed by atoms with Gasteiger partial charge < -0.3 is 15.2 Å². The highest BCUT2D eigenvalue weighted by Gasteiger charge is 2.66. The lowest BCUT2D eigenvalue weighted by Crippen LogP contribution is -2.71. The molecule has 0 bridgehead atoms. The summed E-state index contributed by atoms with van der Waals surface area (Å²) in [5.74, 6) is 1.06. The van der Waals surface area contributed by atoms with Crippen LogP contribution in [0.3, 0.4) is 0 Å². The Bertz CT molecular complexity index is 288. The standard InChI is InChI=1S/C14H25NO2/c1-9(2)11(16)8-15-12-10-4-7-17-13(10)14(12)5-3-6-14/h9-13,15-16H,3-8H2,1-2H3. The van der Waals surface area contributed by atoms with Crippen LogP contribution in [0.4, 0.5) is 0 Å². The molecule has 2 saturated carbocycles. The molecule has 17 heavy (non-hydrogen) atoms. The van der Waals surface area contributed by atoms with E-state index < -0.39 is 0 Å². The predicted octanol–water partition coefficient (Wildman–Crippen LogP) is 1.55. The van der Waals surface area contributed by atoms with Crippen molar-refractivity contribution < 1.29 is 9.84 Å². The summed E-state index contributed by atoms with van der Waals surface area (Å²) in [6, 6.07) is 0.608. The molecule has 3 nitrogen and oxygen atoms in total. The van der Waals surface area contributed by atoms with Crippen molar-refractivity contribution in [1.82, 2.24) is 5.32 Å². The van der Waals surface area contributed by atoms with Crippen LogP contribution in [-0.4, -0.2) is 36.5 Å². The highest BCUT2D eigenvalue weighted by Crippen LogP contribution is 2.62. The van der Waals surface area contributed by atoms with Crippen molar-refractivity contribution in [2.45, 2.75) is 57.8 Å². The molecule has 0 aromatic rings. The van der Waals surface area contributed by atoms with E-state index in [-0.39, 0.29) is 6.10 Å². The third-order valence-corrected chi connectivity index (χ3v) is 5.35. The van der Waals surface area contributed by atoms with Crippen LogP contribution >= 0.6 is 0 Å². The quantitative estimate of drug-likeness (QED) is 0.782. The molecule has 1 aliphatic heterocycles. The zero-order chi connectivity index (χ0) is 12.0. The average Bonchev–Trinajstić information content (AvgIpc) is 2.61. The fourth-order valence-electron chi connectivity index (χ4n) is 4.04. The molecule has 3 fully saturated rings.